The third kappa shape index (κ3) is 1.15. The highest BCUT2D eigenvalue weighted by molar-refractivity contribution is 5.34. The molecule has 0 amide bonds. The summed E-state index contributed by atoms with van der Waals surface area (Å²) in [6.45, 7) is 3.86. The number of aliphatic hydroxyl groups excluding tert-OH is 1. The molecule has 1 radical (unpaired) electrons. The first-order valence-electron chi connectivity index (χ1n) is 3.11. The summed E-state index contributed by atoms with van der Waals surface area (Å²) in [4.78, 5) is 0. The van der Waals surface area contributed by atoms with Gasteiger partial charge in [-0.25, -0.2) is 0 Å². The van der Waals surface area contributed by atoms with Gasteiger partial charge in [-0.1, -0.05) is 6.08 Å². The van der Waals surface area contributed by atoms with Crippen LogP contribution in [0.4, 0.5) is 0 Å². The minimum Gasteiger partial charge on any atom is -0.508 e. The van der Waals surface area contributed by atoms with Gasteiger partial charge in [0.15, 0.2) is 0 Å². The molecule has 0 saturated carbocycles. The third-order valence-corrected chi connectivity index (χ3v) is 1.57. The lowest BCUT2D eigenvalue weighted by molar-refractivity contribution is 0.412. The van der Waals surface area contributed by atoms with Gasteiger partial charge in [0.05, 0.1) is 0 Å². The number of allylic oxidation sites excluding steroid dienone is 3. The second-order valence-corrected chi connectivity index (χ2v) is 2.42. The van der Waals surface area contributed by atoms with Crippen molar-refractivity contribution in [3.8, 4) is 0 Å². The Morgan fingerprint density at radius 2 is 2.11 bits per heavy atom. The fraction of sp³-hybridized carbons (Fsp3) is 0.375. The van der Waals surface area contributed by atoms with Crippen LogP contribution in [0.3, 0.4) is 0 Å². The van der Waals surface area contributed by atoms with Gasteiger partial charge < -0.3 is 5.11 Å². The SMILES string of the molecule is CC1=C[CH]CC(C)=C1O. The largest absolute Gasteiger partial charge is 0.508 e. The van der Waals surface area contributed by atoms with E-state index in [1.54, 1.807) is 0 Å². The Morgan fingerprint density at radius 3 is 2.56 bits per heavy atom. The number of rotatable bonds is 0. The van der Waals surface area contributed by atoms with Crippen molar-refractivity contribution in [3.05, 3.63) is 29.4 Å². The smallest absolute Gasteiger partial charge is 0.117 e. The lowest BCUT2D eigenvalue weighted by Crippen LogP contribution is -1.95. The molecule has 1 rings (SSSR count). The molecule has 0 unspecified atom stereocenters. The zero-order chi connectivity index (χ0) is 6.85. The zero-order valence-corrected chi connectivity index (χ0v) is 5.81. The Balaban J connectivity index is 2.88. The quantitative estimate of drug-likeness (QED) is 0.524. The van der Waals surface area contributed by atoms with E-state index in [4.69, 9.17) is 0 Å². The molecule has 0 spiro atoms. The van der Waals surface area contributed by atoms with E-state index >= 15 is 0 Å². The van der Waals surface area contributed by atoms with E-state index in [0.717, 1.165) is 17.6 Å². The van der Waals surface area contributed by atoms with Crippen molar-refractivity contribution >= 4 is 0 Å². The topological polar surface area (TPSA) is 20.2 Å². The number of hydrogen-bond donors (Lipinski definition) is 1. The fourth-order valence-corrected chi connectivity index (χ4v) is 0.925. The molecule has 9 heavy (non-hydrogen) atoms. The van der Waals surface area contributed by atoms with Crippen molar-refractivity contribution in [1.82, 2.24) is 0 Å². The molecule has 0 aromatic carbocycles. The first-order valence-corrected chi connectivity index (χ1v) is 3.11. The minimum atomic E-state index is 0.470. The van der Waals surface area contributed by atoms with Crippen LogP contribution in [-0.4, -0.2) is 5.11 Å². The van der Waals surface area contributed by atoms with Crippen LogP contribution in [0.1, 0.15) is 20.3 Å². The molecule has 0 atom stereocenters. The standard InChI is InChI=1S/C8H11O/c1-6-4-3-5-7(2)8(6)9/h3-4,9H,5H2,1-2H3. The summed E-state index contributed by atoms with van der Waals surface area (Å²) in [5.41, 5.74) is 2.04. The Kier molecular flexibility index (Phi) is 1.60. The normalized spacial score (nSPS) is 20.0. The fourth-order valence-electron chi connectivity index (χ4n) is 0.925. The maximum atomic E-state index is 9.24. The Morgan fingerprint density at radius 1 is 1.44 bits per heavy atom. The van der Waals surface area contributed by atoms with Crippen LogP contribution < -0.4 is 0 Å². The van der Waals surface area contributed by atoms with Gasteiger partial charge in [-0.15, -0.1) is 0 Å². The van der Waals surface area contributed by atoms with Gasteiger partial charge in [-0.2, -0.15) is 0 Å². The van der Waals surface area contributed by atoms with Crippen LogP contribution in [0.5, 0.6) is 0 Å². The molecule has 0 aromatic rings. The molecule has 0 aromatic heterocycles. The van der Waals surface area contributed by atoms with E-state index in [-0.39, 0.29) is 0 Å². The van der Waals surface area contributed by atoms with Gasteiger partial charge in [0.25, 0.3) is 0 Å². The molecule has 0 saturated heterocycles. The second-order valence-electron chi connectivity index (χ2n) is 2.42. The highest BCUT2D eigenvalue weighted by Gasteiger charge is 2.06. The molecular weight excluding hydrogens is 112 g/mol. The van der Waals surface area contributed by atoms with E-state index < -0.39 is 0 Å². The highest BCUT2D eigenvalue weighted by atomic mass is 16.3. The van der Waals surface area contributed by atoms with E-state index in [1.165, 1.54) is 0 Å². The first-order chi connectivity index (χ1) is 4.22. The van der Waals surface area contributed by atoms with Crippen molar-refractivity contribution in [2.75, 3.05) is 0 Å². The second kappa shape index (κ2) is 2.26. The summed E-state index contributed by atoms with van der Waals surface area (Å²) < 4.78 is 0. The predicted molar refractivity (Wildman–Crippen MR) is 38.0 cm³/mol. The Hall–Kier alpha value is -0.720. The molecule has 1 heteroatoms. The predicted octanol–water partition coefficient (Wildman–Crippen LogP) is 2.37. The van der Waals surface area contributed by atoms with Crippen LogP contribution in [0, 0.1) is 6.42 Å². The molecule has 0 fully saturated rings. The highest BCUT2D eigenvalue weighted by Crippen LogP contribution is 2.20. The summed E-state index contributed by atoms with van der Waals surface area (Å²) in [5, 5.41) is 9.24. The van der Waals surface area contributed by atoms with Crippen molar-refractivity contribution in [1.29, 1.82) is 0 Å². The van der Waals surface area contributed by atoms with Crippen molar-refractivity contribution < 1.29 is 5.11 Å². The summed E-state index contributed by atoms with van der Waals surface area (Å²) >= 11 is 0. The molecule has 0 bridgehead atoms. The van der Waals surface area contributed by atoms with Gasteiger partial charge in [0.1, 0.15) is 5.76 Å². The van der Waals surface area contributed by atoms with E-state index in [1.807, 2.05) is 19.9 Å². The molecule has 0 aliphatic heterocycles. The number of aliphatic hydroxyl groups is 1. The molecule has 1 N–H and O–H groups in total. The zero-order valence-electron chi connectivity index (χ0n) is 5.81. The van der Waals surface area contributed by atoms with Crippen LogP contribution in [0.2, 0.25) is 0 Å². The average molecular weight is 123 g/mol. The maximum Gasteiger partial charge on any atom is 0.117 e. The van der Waals surface area contributed by atoms with Crippen LogP contribution in [-0.2, 0) is 0 Å². The summed E-state index contributed by atoms with van der Waals surface area (Å²) in [7, 11) is 0. The van der Waals surface area contributed by atoms with Crippen molar-refractivity contribution in [2.24, 2.45) is 0 Å². The number of hydrogen-bond acceptors (Lipinski definition) is 1. The monoisotopic (exact) mass is 123 g/mol. The maximum absolute atomic E-state index is 9.24. The molecule has 1 nitrogen and oxygen atoms in total. The molecule has 49 valence electrons. The average Bonchev–Trinajstić information content (AvgIpc) is 1.83. The summed E-state index contributed by atoms with van der Waals surface area (Å²) in [6, 6.07) is 0. The van der Waals surface area contributed by atoms with Crippen LogP contribution >= 0.6 is 0 Å². The van der Waals surface area contributed by atoms with Gasteiger partial charge in [-0.3, -0.25) is 0 Å². The van der Waals surface area contributed by atoms with Gasteiger partial charge in [0.2, 0.25) is 0 Å². The minimum absolute atomic E-state index is 0.470. The Labute approximate surface area is 55.7 Å². The molecule has 1 aliphatic carbocycles. The van der Waals surface area contributed by atoms with Crippen molar-refractivity contribution in [3.63, 3.8) is 0 Å². The van der Waals surface area contributed by atoms with Gasteiger partial charge in [-0.05, 0) is 37.8 Å². The van der Waals surface area contributed by atoms with Gasteiger partial charge in [0, 0.05) is 0 Å². The first kappa shape index (κ1) is 6.40. The van der Waals surface area contributed by atoms with Crippen LogP contribution in [0.15, 0.2) is 23.0 Å². The summed E-state index contributed by atoms with van der Waals surface area (Å²) in [5.74, 6) is 0.470. The van der Waals surface area contributed by atoms with E-state index in [2.05, 4.69) is 6.42 Å². The summed E-state index contributed by atoms with van der Waals surface area (Å²) in [6.07, 6.45) is 4.90. The van der Waals surface area contributed by atoms with Crippen molar-refractivity contribution in [2.45, 2.75) is 20.3 Å². The lowest BCUT2D eigenvalue weighted by Gasteiger charge is -2.10. The molecular formula is C8H11O. The van der Waals surface area contributed by atoms with Crippen LogP contribution in [0.25, 0.3) is 0 Å². The molecule has 0 heterocycles. The van der Waals surface area contributed by atoms with Gasteiger partial charge >= 0.3 is 0 Å². The Bertz CT molecular complexity index is 175. The van der Waals surface area contributed by atoms with E-state index in [9.17, 15) is 5.11 Å². The molecule has 1 aliphatic rings. The third-order valence-electron chi connectivity index (χ3n) is 1.57. The lowest BCUT2D eigenvalue weighted by atomic mass is 10.00. The van der Waals surface area contributed by atoms with E-state index in [0.29, 0.717) is 5.76 Å².